The van der Waals surface area contributed by atoms with Gasteiger partial charge in [-0.1, -0.05) is 6.92 Å². The average molecular weight is 224 g/mol. The Kier molecular flexibility index (Phi) is 3.30. The SMILES string of the molecule is CCc1cc(CC2(O)CCCOC2)n(C)n1. The van der Waals surface area contributed by atoms with Crippen molar-refractivity contribution in [3.05, 3.63) is 17.5 Å². The van der Waals surface area contributed by atoms with E-state index in [2.05, 4.69) is 18.1 Å². The fourth-order valence-corrected chi connectivity index (χ4v) is 2.22. The van der Waals surface area contributed by atoms with E-state index in [9.17, 15) is 5.11 Å². The summed E-state index contributed by atoms with van der Waals surface area (Å²) in [6.07, 6.45) is 3.33. The van der Waals surface area contributed by atoms with E-state index >= 15 is 0 Å². The highest BCUT2D eigenvalue weighted by Gasteiger charge is 2.31. The molecule has 1 saturated heterocycles. The molecule has 1 aromatic heterocycles. The smallest absolute Gasteiger partial charge is 0.0935 e. The summed E-state index contributed by atoms with van der Waals surface area (Å²) in [6, 6.07) is 2.08. The van der Waals surface area contributed by atoms with Gasteiger partial charge in [0, 0.05) is 25.8 Å². The summed E-state index contributed by atoms with van der Waals surface area (Å²) in [6.45, 7) is 3.30. The Morgan fingerprint density at radius 1 is 1.62 bits per heavy atom. The maximum atomic E-state index is 10.4. The molecule has 0 radical (unpaired) electrons. The number of nitrogens with zero attached hydrogens (tertiary/aromatic N) is 2. The van der Waals surface area contributed by atoms with E-state index in [1.54, 1.807) is 0 Å². The van der Waals surface area contributed by atoms with Crippen LogP contribution in [0.25, 0.3) is 0 Å². The molecule has 0 aliphatic carbocycles. The summed E-state index contributed by atoms with van der Waals surface area (Å²) in [7, 11) is 1.93. The van der Waals surface area contributed by atoms with Gasteiger partial charge >= 0.3 is 0 Å². The van der Waals surface area contributed by atoms with Crippen LogP contribution in [0.1, 0.15) is 31.2 Å². The van der Waals surface area contributed by atoms with E-state index in [0.717, 1.165) is 37.3 Å². The quantitative estimate of drug-likeness (QED) is 0.835. The predicted octanol–water partition coefficient (Wildman–Crippen LogP) is 1.07. The van der Waals surface area contributed by atoms with Gasteiger partial charge in [0.15, 0.2) is 0 Å². The number of ether oxygens (including phenoxy) is 1. The first-order chi connectivity index (χ1) is 7.63. The first-order valence-electron chi connectivity index (χ1n) is 5.95. The first kappa shape index (κ1) is 11.6. The van der Waals surface area contributed by atoms with Gasteiger partial charge in [0.1, 0.15) is 0 Å². The molecule has 0 bridgehead atoms. The Bertz CT molecular complexity index is 354. The summed E-state index contributed by atoms with van der Waals surface area (Å²) in [5.74, 6) is 0. The van der Waals surface area contributed by atoms with Gasteiger partial charge in [-0.3, -0.25) is 4.68 Å². The average Bonchev–Trinajstić information content (AvgIpc) is 2.60. The lowest BCUT2D eigenvalue weighted by Gasteiger charge is -2.31. The number of rotatable bonds is 3. The van der Waals surface area contributed by atoms with E-state index < -0.39 is 5.60 Å². The number of aromatic nitrogens is 2. The third-order valence-corrected chi connectivity index (χ3v) is 3.20. The van der Waals surface area contributed by atoms with E-state index in [0.29, 0.717) is 13.0 Å². The molecule has 90 valence electrons. The molecule has 1 atom stereocenters. The normalized spacial score (nSPS) is 25.9. The monoisotopic (exact) mass is 224 g/mol. The Morgan fingerprint density at radius 3 is 3.00 bits per heavy atom. The predicted molar refractivity (Wildman–Crippen MR) is 61.3 cm³/mol. The van der Waals surface area contributed by atoms with Crippen LogP contribution in [0.4, 0.5) is 0 Å². The Labute approximate surface area is 96.2 Å². The summed E-state index contributed by atoms with van der Waals surface area (Å²) < 4.78 is 7.22. The van der Waals surface area contributed by atoms with Gasteiger partial charge < -0.3 is 9.84 Å². The van der Waals surface area contributed by atoms with Crippen molar-refractivity contribution < 1.29 is 9.84 Å². The molecule has 16 heavy (non-hydrogen) atoms. The molecular weight excluding hydrogens is 204 g/mol. The number of aliphatic hydroxyl groups is 1. The van der Waals surface area contributed by atoms with Crippen LogP contribution in [0.2, 0.25) is 0 Å². The fourth-order valence-electron chi connectivity index (χ4n) is 2.22. The summed E-state index contributed by atoms with van der Waals surface area (Å²) >= 11 is 0. The standard InChI is InChI=1S/C12H20N2O2/c1-3-10-7-11(14(2)13-10)8-12(15)5-4-6-16-9-12/h7,15H,3-6,8-9H2,1-2H3. The van der Waals surface area contributed by atoms with Gasteiger partial charge in [-0.15, -0.1) is 0 Å². The molecule has 1 unspecified atom stereocenters. The van der Waals surface area contributed by atoms with Gasteiger partial charge in [0.25, 0.3) is 0 Å². The van der Waals surface area contributed by atoms with E-state index in [-0.39, 0.29) is 0 Å². The van der Waals surface area contributed by atoms with E-state index in [1.807, 2.05) is 11.7 Å². The topological polar surface area (TPSA) is 47.3 Å². The van der Waals surface area contributed by atoms with Gasteiger partial charge in [0.05, 0.1) is 17.9 Å². The molecule has 1 aliphatic heterocycles. The van der Waals surface area contributed by atoms with Crippen LogP contribution in [-0.2, 0) is 24.6 Å². The molecule has 0 amide bonds. The molecule has 1 aromatic rings. The maximum absolute atomic E-state index is 10.4. The largest absolute Gasteiger partial charge is 0.387 e. The molecule has 4 heteroatoms. The number of hydrogen-bond donors (Lipinski definition) is 1. The summed E-state index contributed by atoms with van der Waals surface area (Å²) in [5.41, 5.74) is 1.47. The van der Waals surface area contributed by atoms with Crippen LogP contribution >= 0.6 is 0 Å². The van der Waals surface area contributed by atoms with Crippen LogP contribution in [0.5, 0.6) is 0 Å². The van der Waals surface area contributed by atoms with Gasteiger partial charge in [-0.05, 0) is 25.3 Å². The van der Waals surface area contributed by atoms with Crippen molar-refractivity contribution in [2.24, 2.45) is 7.05 Å². The lowest BCUT2D eigenvalue weighted by molar-refractivity contribution is -0.0853. The Morgan fingerprint density at radius 2 is 2.44 bits per heavy atom. The first-order valence-corrected chi connectivity index (χ1v) is 5.95. The minimum absolute atomic E-state index is 0.444. The highest BCUT2D eigenvalue weighted by atomic mass is 16.5. The molecule has 2 heterocycles. The van der Waals surface area contributed by atoms with Crippen LogP contribution in [0, 0.1) is 0 Å². The highest BCUT2D eigenvalue weighted by Crippen LogP contribution is 2.23. The third kappa shape index (κ3) is 2.44. The summed E-state index contributed by atoms with van der Waals surface area (Å²) in [5, 5.41) is 14.8. The van der Waals surface area contributed by atoms with Gasteiger partial charge in [-0.2, -0.15) is 5.10 Å². The van der Waals surface area contributed by atoms with Crippen molar-refractivity contribution in [1.29, 1.82) is 0 Å². The minimum atomic E-state index is -0.697. The van der Waals surface area contributed by atoms with Crippen molar-refractivity contribution >= 4 is 0 Å². The van der Waals surface area contributed by atoms with Crippen molar-refractivity contribution in [2.45, 2.75) is 38.2 Å². The third-order valence-electron chi connectivity index (χ3n) is 3.20. The molecule has 1 aliphatic rings. The van der Waals surface area contributed by atoms with Crippen molar-refractivity contribution in [3.8, 4) is 0 Å². The molecule has 1 fully saturated rings. The Hall–Kier alpha value is -0.870. The second-order valence-electron chi connectivity index (χ2n) is 4.66. The number of aryl methyl sites for hydroxylation is 2. The summed E-state index contributed by atoms with van der Waals surface area (Å²) in [4.78, 5) is 0. The van der Waals surface area contributed by atoms with Crippen molar-refractivity contribution in [1.82, 2.24) is 9.78 Å². The van der Waals surface area contributed by atoms with Crippen molar-refractivity contribution in [2.75, 3.05) is 13.2 Å². The molecule has 1 N–H and O–H groups in total. The maximum Gasteiger partial charge on any atom is 0.0935 e. The van der Waals surface area contributed by atoms with E-state index in [1.165, 1.54) is 0 Å². The lowest BCUT2D eigenvalue weighted by Crippen LogP contribution is -2.41. The Balaban J connectivity index is 2.09. The van der Waals surface area contributed by atoms with Crippen molar-refractivity contribution in [3.63, 3.8) is 0 Å². The fraction of sp³-hybridized carbons (Fsp3) is 0.750. The second-order valence-corrected chi connectivity index (χ2v) is 4.66. The van der Waals surface area contributed by atoms with E-state index in [4.69, 9.17) is 4.74 Å². The van der Waals surface area contributed by atoms with Gasteiger partial charge in [-0.25, -0.2) is 0 Å². The molecular formula is C12H20N2O2. The molecule has 4 nitrogen and oxygen atoms in total. The van der Waals surface area contributed by atoms with Crippen LogP contribution in [-0.4, -0.2) is 33.7 Å². The molecule has 0 aromatic carbocycles. The van der Waals surface area contributed by atoms with Crippen LogP contribution < -0.4 is 0 Å². The zero-order chi connectivity index (χ0) is 11.6. The second kappa shape index (κ2) is 4.55. The molecule has 0 spiro atoms. The van der Waals surface area contributed by atoms with Crippen LogP contribution in [0.15, 0.2) is 6.07 Å². The van der Waals surface area contributed by atoms with Gasteiger partial charge in [0.2, 0.25) is 0 Å². The zero-order valence-electron chi connectivity index (χ0n) is 10.1. The number of hydrogen-bond acceptors (Lipinski definition) is 3. The minimum Gasteiger partial charge on any atom is -0.387 e. The zero-order valence-corrected chi connectivity index (χ0v) is 10.1. The molecule has 2 rings (SSSR count). The lowest BCUT2D eigenvalue weighted by atomic mass is 9.91. The highest BCUT2D eigenvalue weighted by molar-refractivity contribution is 5.13. The van der Waals surface area contributed by atoms with Crippen LogP contribution in [0.3, 0.4) is 0 Å². The molecule has 0 saturated carbocycles.